The number of carbonyl (C=O) groups is 4. The summed E-state index contributed by atoms with van der Waals surface area (Å²) < 4.78 is 1.95. The van der Waals surface area contributed by atoms with Crippen LogP contribution in [-0.4, -0.2) is 60.9 Å². The predicted octanol–water partition coefficient (Wildman–Crippen LogP) is 3.88. The smallest absolute Gasteiger partial charge is 0.262 e. The number of fused-ring (bicyclic) bond motifs is 2. The summed E-state index contributed by atoms with van der Waals surface area (Å²) in [5, 5.41) is 10.1. The standard InChI is InChI=1S/C31H31N7O4/c1-19-28(35-25-9-5-4-8-24(25)34-19)20-17-33-37(18-20)15-7-3-2-6-14-32-21-10-11-22-23(16-21)31(42)38(30(22)41)26-12-13-27(39)36-29(26)40/h4-5,8-11,16-18,26,32H,2-3,6-7,12-15H2,1H3,(H,36,39,40). The van der Waals surface area contributed by atoms with E-state index in [2.05, 4.69) is 20.7 Å². The van der Waals surface area contributed by atoms with Crippen molar-refractivity contribution in [2.45, 2.75) is 58.0 Å². The second kappa shape index (κ2) is 11.5. The van der Waals surface area contributed by atoms with Gasteiger partial charge in [-0.1, -0.05) is 25.0 Å². The minimum absolute atomic E-state index is 0.0970. The fourth-order valence-corrected chi connectivity index (χ4v) is 5.54. The van der Waals surface area contributed by atoms with E-state index in [1.807, 2.05) is 48.3 Å². The Morgan fingerprint density at radius 1 is 0.929 bits per heavy atom. The van der Waals surface area contributed by atoms with E-state index >= 15 is 0 Å². The number of imide groups is 2. The van der Waals surface area contributed by atoms with E-state index < -0.39 is 29.7 Å². The molecular formula is C31H31N7O4. The summed E-state index contributed by atoms with van der Waals surface area (Å²) >= 11 is 0. The van der Waals surface area contributed by atoms with Crippen molar-refractivity contribution in [1.29, 1.82) is 0 Å². The lowest BCUT2D eigenvalue weighted by molar-refractivity contribution is -0.136. The summed E-state index contributed by atoms with van der Waals surface area (Å²) in [5.74, 6) is -2.00. The van der Waals surface area contributed by atoms with Gasteiger partial charge in [0.2, 0.25) is 11.8 Å². The Bertz CT molecular complexity index is 1710. The van der Waals surface area contributed by atoms with Crippen LogP contribution in [-0.2, 0) is 16.1 Å². The van der Waals surface area contributed by atoms with Crippen LogP contribution in [0.5, 0.6) is 0 Å². The minimum atomic E-state index is -0.962. The Balaban J connectivity index is 0.954. The molecule has 4 amide bonds. The molecule has 0 aliphatic carbocycles. The van der Waals surface area contributed by atoms with Gasteiger partial charge in [0.05, 0.1) is 39.7 Å². The lowest BCUT2D eigenvalue weighted by atomic mass is 10.0. The monoisotopic (exact) mass is 565 g/mol. The highest BCUT2D eigenvalue weighted by Crippen LogP contribution is 2.29. The predicted molar refractivity (Wildman–Crippen MR) is 156 cm³/mol. The highest BCUT2D eigenvalue weighted by molar-refractivity contribution is 6.23. The Morgan fingerprint density at radius 2 is 1.69 bits per heavy atom. The summed E-state index contributed by atoms with van der Waals surface area (Å²) in [6, 6.07) is 11.9. The zero-order valence-electron chi connectivity index (χ0n) is 23.3. The summed E-state index contributed by atoms with van der Waals surface area (Å²) in [4.78, 5) is 60.0. The van der Waals surface area contributed by atoms with Gasteiger partial charge in [-0.2, -0.15) is 5.10 Å². The molecule has 4 aromatic rings. The maximum atomic E-state index is 13.0. The fraction of sp³-hybridized carbons (Fsp3) is 0.323. The van der Waals surface area contributed by atoms with Crippen LogP contribution < -0.4 is 10.6 Å². The largest absolute Gasteiger partial charge is 0.385 e. The molecule has 1 atom stereocenters. The number of piperidine rings is 1. The summed E-state index contributed by atoms with van der Waals surface area (Å²) in [5.41, 5.74) is 5.75. The van der Waals surface area contributed by atoms with Crippen molar-refractivity contribution in [3.8, 4) is 11.3 Å². The van der Waals surface area contributed by atoms with Crippen LogP contribution >= 0.6 is 0 Å². The highest BCUT2D eigenvalue weighted by Gasteiger charge is 2.44. The first-order chi connectivity index (χ1) is 20.4. The summed E-state index contributed by atoms with van der Waals surface area (Å²) in [6.07, 6.45) is 8.12. The molecule has 2 aliphatic rings. The SMILES string of the molecule is Cc1nc2ccccc2nc1-c1cnn(CCCCCCNc2ccc3c(c2)C(=O)N(C2CCC(=O)NC2=O)C3=O)c1. The Kier molecular flexibility index (Phi) is 7.47. The summed E-state index contributed by atoms with van der Waals surface area (Å²) in [7, 11) is 0. The zero-order valence-corrected chi connectivity index (χ0v) is 23.3. The molecule has 0 saturated carbocycles. The van der Waals surface area contributed by atoms with Crippen molar-refractivity contribution in [2.75, 3.05) is 11.9 Å². The number of aromatic nitrogens is 4. The van der Waals surface area contributed by atoms with E-state index in [4.69, 9.17) is 4.98 Å². The molecule has 1 saturated heterocycles. The van der Waals surface area contributed by atoms with E-state index in [1.54, 1.807) is 18.2 Å². The normalized spacial score (nSPS) is 16.7. The molecule has 214 valence electrons. The van der Waals surface area contributed by atoms with Crippen LogP contribution in [0.2, 0.25) is 0 Å². The number of anilines is 1. The third kappa shape index (κ3) is 5.37. The third-order valence-electron chi connectivity index (χ3n) is 7.73. The van der Waals surface area contributed by atoms with Crippen molar-refractivity contribution in [3.05, 3.63) is 71.7 Å². The van der Waals surface area contributed by atoms with Gasteiger partial charge in [-0.05, 0) is 56.5 Å². The molecule has 11 heteroatoms. The number of rotatable bonds is 10. The van der Waals surface area contributed by atoms with Crippen molar-refractivity contribution in [2.24, 2.45) is 0 Å². The van der Waals surface area contributed by atoms with E-state index in [9.17, 15) is 19.2 Å². The average Bonchev–Trinajstić information content (AvgIpc) is 3.54. The minimum Gasteiger partial charge on any atom is -0.385 e. The van der Waals surface area contributed by atoms with Gasteiger partial charge in [0.25, 0.3) is 11.8 Å². The summed E-state index contributed by atoms with van der Waals surface area (Å²) in [6.45, 7) is 3.51. The second-order valence-electron chi connectivity index (χ2n) is 10.7. The molecule has 2 aliphatic heterocycles. The Hall–Kier alpha value is -4.93. The molecule has 4 heterocycles. The van der Waals surface area contributed by atoms with Crippen molar-refractivity contribution in [3.63, 3.8) is 0 Å². The zero-order chi connectivity index (χ0) is 29.2. The molecule has 1 unspecified atom stereocenters. The van der Waals surface area contributed by atoms with E-state index in [1.165, 1.54) is 0 Å². The van der Waals surface area contributed by atoms with Gasteiger partial charge in [0.1, 0.15) is 6.04 Å². The molecule has 2 aromatic heterocycles. The van der Waals surface area contributed by atoms with Gasteiger partial charge < -0.3 is 5.32 Å². The number of aryl methyl sites for hydroxylation is 2. The highest BCUT2D eigenvalue weighted by atomic mass is 16.2. The quantitative estimate of drug-likeness (QED) is 0.218. The van der Waals surface area contributed by atoms with Gasteiger partial charge in [-0.3, -0.25) is 34.1 Å². The molecule has 1 fully saturated rings. The number of carbonyl (C=O) groups excluding carboxylic acids is 4. The van der Waals surface area contributed by atoms with E-state index in [-0.39, 0.29) is 24.0 Å². The third-order valence-corrected chi connectivity index (χ3v) is 7.73. The van der Waals surface area contributed by atoms with Crippen LogP contribution in [0.3, 0.4) is 0 Å². The topological polar surface area (TPSA) is 139 Å². The molecule has 0 spiro atoms. The lowest BCUT2D eigenvalue weighted by Crippen LogP contribution is -2.54. The fourth-order valence-electron chi connectivity index (χ4n) is 5.54. The van der Waals surface area contributed by atoms with Crippen molar-refractivity contribution in [1.82, 2.24) is 30.0 Å². The first kappa shape index (κ1) is 27.3. The molecule has 11 nitrogen and oxygen atoms in total. The van der Waals surface area contributed by atoms with Crippen LogP contribution in [0.1, 0.15) is 64.9 Å². The van der Waals surface area contributed by atoms with Crippen LogP contribution in [0.15, 0.2) is 54.9 Å². The number of nitrogens with zero attached hydrogens (tertiary/aromatic N) is 5. The average molecular weight is 566 g/mol. The van der Waals surface area contributed by atoms with Gasteiger partial charge in [-0.25, -0.2) is 9.97 Å². The lowest BCUT2D eigenvalue weighted by Gasteiger charge is -2.27. The maximum absolute atomic E-state index is 13.0. The number of amides is 4. The number of unbranched alkanes of at least 4 members (excludes halogenated alkanes) is 3. The number of hydrogen-bond donors (Lipinski definition) is 2. The molecular weight excluding hydrogens is 534 g/mol. The number of nitrogens with one attached hydrogen (secondary N) is 2. The van der Waals surface area contributed by atoms with Crippen LogP contribution in [0.25, 0.3) is 22.3 Å². The van der Waals surface area contributed by atoms with Crippen LogP contribution in [0, 0.1) is 6.92 Å². The molecule has 2 N–H and O–H groups in total. The second-order valence-corrected chi connectivity index (χ2v) is 10.7. The van der Waals surface area contributed by atoms with Gasteiger partial charge in [-0.15, -0.1) is 0 Å². The number of para-hydroxylation sites is 2. The van der Waals surface area contributed by atoms with E-state index in [0.29, 0.717) is 0 Å². The van der Waals surface area contributed by atoms with Gasteiger partial charge in [0.15, 0.2) is 0 Å². The first-order valence-corrected chi connectivity index (χ1v) is 14.2. The van der Waals surface area contributed by atoms with Crippen LogP contribution in [0.4, 0.5) is 5.69 Å². The molecule has 6 rings (SSSR count). The first-order valence-electron chi connectivity index (χ1n) is 14.2. The van der Waals surface area contributed by atoms with Gasteiger partial charge in [0, 0.05) is 37.0 Å². The molecule has 0 bridgehead atoms. The number of benzene rings is 2. The molecule has 0 radical (unpaired) electrons. The number of hydrogen-bond acceptors (Lipinski definition) is 8. The van der Waals surface area contributed by atoms with Crippen molar-refractivity contribution >= 4 is 40.3 Å². The maximum Gasteiger partial charge on any atom is 0.262 e. The molecule has 42 heavy (non-hydrogen) atoms. The Labute approximate surface area is 242 Å². The Morgan fingerprint density at radius 3 is 2.50 bits per heavy atom. The van der Waals surface area contributed by atoms with Crippen molar-refractivity contribution < 1.29 is 19.2 Å². The van der Waals surface area contributed by atoms with E-state index in [0.717, 1.165) is 77.3 Å². The van der Waals surface area contributed by atoms with Gasteiger partial charge >= 0.3 is 0 Å². The molecule has 2 aromatic carbocycles.